The second-order valence-corrected chi connectivity index (χ2v) is 3.03. The molecule has 0 N–H and O–H groups in total. The van der Waals surface area contributed by atoms with Gasteiger partial charge in [0.05, 0.1) is 20.6 Å². The Bertz CT molecular complexity index is 78.6. The van der Waals surface area contributed by atoms with Crippen LogP contribution in [0.15, 0.2) is 12.7 Å². The highest BCUT2D eigenvalue weighted by Crippen LogP contribution is 1.99. The van der Waals surface area contributed by atoms with Gasteiger partial charge in [0.1, 0.15) is 5.45 Å². The molecule has 0 aromatic carbocycles. The van der Waals surface area contributed by atoms with Crippen molar-refractivity contribution in [3.8, 4) is 0 Å². The summed E-state index contributed by atoms with van der Waals surface area (Å²) in [5.41, 5.74) is 0.985. The number of hydrogen-bond acceptors (Lipinski definition) is 0. The molecule has 0 fully saturated rings. The standard InChI is InChI=1S/C6H13BrN/c1-4-5-8(2,3)6-7/h4H,1,5-6H2,2-3H3/q+1. The number of hydrogen-bond donors (Lipinski definition) is 0. The van der Waals surface area contributed by atoms with E-state index in [0.29, 0.717) is 0 Å². The van der Waals surface area contributed by atoms with E-state index < -0.39 is 0 Å². The molecule has 8 heavy (non-hydrogen) atoms. The molecule has 0 amide bonds. The molecule has 48 valence electrons. The van der Waals surface area contributed by atoms with E-state index in [-0.39, 0.29) is 0 Å². The molecule has 0 atom stereocenters. The van der Waals surface area contributed by atoms with Gasteiger partial charge >= 0.3 is 0 Å². The maximum absolute atomic E-state index is 3.66. The van der Waals surface area contributed by atoms with Gasteiger partial charge in [0.2, 0.25) is 0 Å². The Balaban J connectivity index is 3.53. The molecule has 0 bridgehead atoms. The zero-order valence-corrected chi connectivity index (χ0v) is 7.11. The molecule has 0 aliphatic carbocycles. The molecular formula is C6H13BrN+. The predicted octanol–water partition coefficient (Wildman–Crippen LogP) is 1.60. The van der Waals surface area contributed by atoms with E-state index in [4.69, 9.17) is 0 Å². The zero-order chi connectivity index (χ0) is 6.62. The van der Waals surface area contributed by atoms with Crippen molar-refractivity contribution in [1.29, 1.82) is 0 Å². The largest absolute Gasteiger partial charge is 0.316 e. The molecule has 0 saturated heterocycles. The molecule has 0 heterocycles. The van der Waals surface area contributed by atoms with Gasteiger partial charge in [-0.2, -0.15) is 0 Å². The Morgan fingerprint density at radius 1 is 1.62 bits per heavy atom. The first-order chi connectivity index (χ1) is 3.62. The Morgan fingerprint density at radius 2 is 2.12 bits per heavy atom. The molecule has 0 rings (SSSR count). The monoisotopic (exact) mass is 178 g/mol. The summed E-state index contributed by atoms with van der Waals surface area (Å²) in [5.74, 6) is 0. The zero-order valence-electron chi connectivity index (χ0n) is 5.52. The summed E-state index contributed by atoms with van der Waals surface area (Å²) in [7, 11) is 4.30. The van der Waals surface area contributed by atoms with Crippen molar-refractivity contribution in [2.45, 2.75) is 0 Å². The van der Waals surface area contributed by atoms with Gasteiger partial charge in [-0.3, -0.25) is 0 Å². The van der Waals surface area contributed by atoms with Gasteiger partial charge in [-0.25, -0.2) is 0 Å². The lowest BCUT2D eigenvalue weighted by molar-refractivity contribution is -0.870. The molecule has 2 heteroatoms. The van der Waals surface area contributed by atoms with Crippen LogP contribution in [0.1, 0.15) is 0 Å². The molecule has 0 saturated carbocycles. The number of alkyl halides is 1. The SMILES string of the molecule is C=CC[N+](C)(C)CBr. The van der Waals surface area contributed by atoms with Crippen molar-refractivity contribution in [2.24, 2.45) is 0 Å². The lowest BCUT2D eigenvalue weighted by Crippen LogP contribution is -2.37. The predicted molar refractivity (Wildman–Crippen MR) is 41.0 cm³/mol. The van der Waals surface area contributed by atoms with Crippen LogP contribution in [0.5, 0.6) is 0 Å². The van der Waals surface area contributed by atoms with Crippen molar-refractivity contribution in [1.82, 2.24) is 0 Å². The Hall–Kier alpha value is 0.180. The first kappa shape index (κ1) is 8.18. The minimum absolute atomic E-state index is 0.962. The third kappa shape index (κ3) is 3.22. The number of rotatable bonds is 3. The van der Waals surface area contributed by atoms with Crippen LogP contribution >= 0.6 is 15.9 Å². The van der Waals surface area contributed by atoms with E-state index in [1.165, 1.54) is 0 Å². The molecule has 0 aromatic heterocycles. The fourth-order valence-corrected chi connectivity index (χ4v) is 0.603. The summed E-state index contributed by atoms with van der Waals surface area (Å²) < 4.78 is 0.962. The van der Waals surface area contributed by atoms with Crippen LogP contribution < -0.4 is 0 Å². The lowest BCUT2D eigenvalue weighted by atomic mass is 10.5. The van der Waals surface area contributed by atoms with Crippen LogP contribution in [0.4, 0.5) is 0 Å². The van der Waals surface area contributed by atoms with Crippen LogP contribution in [-0.2, 0) is 0 Å². The Morgan fingerprint density at radius 3 is 2.25 bits per heavy atom. The second kappa shape index (κ2) is 3.25. The Kier molecular flexibility index (Phi) is 3.33. The van der Waals surface area contributed by atoms with Crippen molar-refractivity contribution in [3.63, 3.8) is 0 Å². The van der Waals surface area contributed by atoms with Gasteiger partial charge < -0.3 is 4.48 Å². The smallest absolute Gasteiger partial charge is 0.134 e. The van der Waals surface area contributed by atoms with Crippen molar-refractivity contribution >= 4 is 15.9 Å². The number of quaternary nitrogens is 1. The highest BCUT2D eigenvalue weighted by Gasteiger charge is 2.07. The number of nitrogens with zero attached hydrogens (tertiary/aromatic N) is 1. The highest BCUT2D eigenvalue weighted by atomic mass is 79.9. The summed E-state index contributed by atoms with van der Waals surface area (Å²) in [6, 6.07) is 0. The summed E-state index contributed by atoms with van der Waals surface area (Å²) in [5, 5.41) is 0. The van der Waals surface area contributed by atoms with Crippen molar-refractivity contribution in [3.05, 3.63) is 12.7 Å². The molecule has 0 aliphatic heterocycles. The van der Waals surface area contributed by atoms with Gasteiger partial charge in [-0.1, -0.05) is 6.58 Å². The molecular weight excluding hydrogens is 166 g/mol. The summed E-state index contributed by atoms with van der Waals surface area (Å²) in [6.45, 7) is 4.68. The summed E-state index contributed by atoms with van der Waals surface area (Å²) in [4.78, 5) is 0. The highest BCUT2D eigenvalue weighted by molar-refractivity contribution is 9.09. The van der Waals surface area contributed by atoms with Crippen LogP contribution in [-0.4, -0.2) is 30.6 Å². The maximum atomic E-state index is 3.66. The fourth-order valence-electron chi connectivity index (χ4n) is 0.398. The molecule has 0 spiro atoms. The van der Waals surface area contributed by atoms with Gasteiger partial charge in [-0.15, -0.1) is 0 Å². The Labute approximate surface area is 59.7 Å². The first-order valence-electron chi connectivity index (χ1n) is 2.61. The van der Waals surface area contributed by atoms with Gasteiger partial charge in [0, 0.05) is 0 Å². The molecule has 0 unspecified atom stereocenters. The molecule has 0 aliphatic rings. The van der Waals surface area contributed by atoms with Crippen LogP contribution in [0.2, 0.25) is 0 Å². The van der Waals surface area contributed by atoms with Crippen LogP contribution in [0.3, 0.4) is 0 Å². The van der Waals surface area contributed by atoms with Crippen molar-refractivity contribution < 1.29 is 4.48 Å². The van der Waals surface area contributed by atoms with Crippen molar-refractivity contribution in [2.75, 3.05) is 26.1 Å². The lowest BCUT2D eigenvalue weighted by Gasteiger charge is -2.24. The van der Waals surface area contributed by atoms with E-state index in [1.54, 1.807) is 0 Å². The van der Waals surface area contributed by atoms with Gasteiger partial charge in [-0.05, 0) is 22.0 Å². The number of halogens is 1. The fraction of sp³-hybridized carbons (Fsp3) is 0.667. The topological polar surface area (TPSA) is 0 Å². The van der Waals surface area contributed by atoms with E-state index >= 15 is 0 Å². The van der Waals surface area contributed by atoms with E-state index in [1.807, 2.05) is 6.08 Å². The van der Waals surface area contributed by atoms with Crippen LogP contribution in [0, 0.1) is 0 Å². The van der Waals surface area contributed by atoms with E-state index in [2.05, 4.69) is 36.6 Å². The third-order valence-electron chi connectivity index (χ3n) is 0.947. The maximum Gasteiger partial charge on any atom is 0.134 e. The number of likely N-dealkylation sites (N-methyl/N-ethyl adjacent to an activating group) is 1. The molecule has 0 aromatic rings. The normalized spacial score (nSPS) is 11.4. The van der Waals surface area contributed by atoms with E-state index in [0.717, 1.165) is 16.5 Å². The minimum Gasteiger partial charge on any atom is -0.316 e. The first-order valence-corrected chi connectivity index (χ1v) is 3.73. The average molecular weight is 179 g/mol. The van der Waals surface area contributed by atoms with Gasteiger partial charge in [0.25, 0.3) is 0 Å². The quantitative estimate of drug-likeness (QED) is 0.267. The molecule has 0 radical (unpaired) electrons. The average Bonchev–Trinajstić information content (AvgIpc) is 1.67. The van der Waals surface area contributed by atoms with Crippen LogP contribution in [0.25, 0.3) is 0 Å². The molecule has 1 nitrogen and oxygen atoms in total. The third-order valence-corrected chi connectivity index (χ3v) is 2.30. The minimum atomic E-state index is 0.962. The summed E-state index contributed by atoms with van der Waals surface area (Å²) >= 11 is 3.40. The summed E-state index contributed by atoms with van der Waals surface area (Å²) in [6.07, 6.45) is 1.93. The van der Waals surface area contributed by atoms with E-state index in [9.17, 15) is 0 Å². The van der Waals surface area contributed by atoms with Gasteiger partial charge in [0.15, 0.2) is 0 Å². The second-order valence-electron chi connectivity index (χ2n) is 2.53.